The van der Waals surface area contributed by atoms with E-state index in [1.54, 1.807) is 19.9 Å². The molecule has 0 heterocycles. The number of halogens is 2. The number of allylic oxidation sites excluding steroid dienone is 1. The Morgan fingerprint density at radius 3 is 2.52 bits per heavy atom. The van der Waals surface area contributed by atoms with Crippen molar-refractivity contribution >= 4 is 16.7 Å². The Hall–Kier alpha value is -3.49. The van der Waals surface area contributed by atoms with Crippen molar-refractivity contribution in [1.82, 2.24) is 10.6 Å². The topological polar surface area (TPSA) is 41.1 Å². The van der Waals surface area contributed by atoms with E-state index in [9.17, 15) is 13.6 Å². The average molecular weight is 447 g/mol. The van der Waals surface area contributed by atoms with Crippen molar-refractivity contribution in [3.63, 3.8) is 0 Å². The van der Waals surface area contributed by atoms with Gasteiger partial charge in [0.25, 0.3) is 0 Å². The highest BCUT2D eigenvalue weighted by Crippen LogP contribution is 2.23. The standard InChI is InChI=1S/C28H28F2N2O/c1-20(25-13-9-11-22-10-5-6-12-26(22)25)31-15-8-4-7-14-28(2,3)27(33)32-19-21-16-23(29)18-24(30)17-21/h4-6,8-13,16-18,20,31H,15,19H2,1-3H3,(H,32,33)/t20-/m1/s1. The first-order chi connectivity index (χ1) is 15.8. The normalized spacial score (nSPS) is 12.4. The summed E-state index contributed by atoms with van der Waals surface area (Å²) in [4.78, 5) is 12.4. The lowest BCUT2D eigenvalue weighted by Gasteiger charge is -2.17. The third-order valence-corrected chi connectivity index (χ3v) is 5.36. The van der Waals surface area contributed by atoms with Gasteiger partial charge >= 0.3 is 0 Å². The van der Waals surface area contributed by atoms with E-state index in [-0.39, 0.29) is 18.5 Å². The van der Waals surface area contributed by atoms with E-state index in [4.69, 9.17) is 0 Å². The molecule has 170 valence electrons. The van der Waals surface area contributed by atoms with Crippen molar-refractivity contribution < 1.29 is 13.6 Å². The molecule has 1 amide bonds. The molecule has 0 unspecified atom stereocenters. The summed E-state index contributed by atoms with van der Waals surface area (Å²) in [5.74, 6) is 4.19. The van der Waals surface area contributed by atoms with E-state index < -0.39 is 17.0 Å². The summed E-state index contributed by atoms with van der Waals surface area (Å²) in [5.41, 5.74) is 0.652. The number of fused-ring (bicyclic) bond motifs is 1. The largest absolute Gasteiger partial charge is 0.351 e. The maximum absolute atomic E-state index is 13.3. The molecule has 33 heavy (non-hydrogen) atoms. The number of nitrogens with one attached hydrogen (secondary N) is 2. The van der Waals surface area contributed by atoms with Gasteiger partial charge in [0.1, 0.15) is 17.0 Å². The van der Waals surface area contributed by atoms with E-state index in [0.29, 0.717) is 12.1 Å². The van der Waals surface area contributed by atoms with Gasteiger partial charge in [-0.15, -0.1) is 0 Å². The van der Waals surface area contributed by atoms with Crippen LogP contribution in [0.4, 0.5) is 8.78 Å². The van der Waals surface area contributed by atoms with Crippen molar-refractivity contribution in [1.29, 1.82) is 0 Å². The van der Waals surface area contributed by atoms with Crippen LogP contribution in [0.25, 0.3) is 10.8 Å². The second-order valence-corrected chi connectivity index (χ2v) is 8.46. The molecule has 0 aliphatic rings. The lowest BCUT2D eigenvalue weighted by atomic mass is 9.93. The molecule has 0 spiro atoms. The van der Waals surface area contributed by atoms with Crippen LogP contribution < -0.4 is 10.6 Å². The summed E-state index contributed by atoms with van der Waals surface area (Å²) >= 11 is 0. The van der Waals surface area contributed by atoms with Crippen LogP contribution in [0, 0.1) is 28.9 Å². The molecule has 5 heteroatoms. The molecule has 2 N–H and O–H groups in total. The molecule has 0 aliphatic heterocycles. The first-order valence-electron chi connectivity index (χ1n) is 10.9. The van der Waals surface area contributed by atoms with Crippen LogP contribution in [0.2, 0.25) is 0 Å². The third-order valence-electron chi connectivity index (χ3n) is 5.36. The molecule has 0 saturated carbocycles. The van der Waals surface area contributed by atoms with E-state index in [1.807, 2.05) is 18.2 Å². The van der Waals surface area contributed by atoms with Crippen molar-refractivity contribution in [3.05, 3.63) is 95.6 Å². The number of benzene rings is 3. The predicted octanol–water partition coefficient (Wildman–Crippen LogP) is 5.67. The second-order valence-electron chi connectivity index (χ2n) is 8.46. The van der Waals surface area contributed by atoms with Gasteiger partial charge < -0.3 is 10.6 Å². The molecule has 0 bridgehead atoms. The highest BCUT2D eigenvalue weighted by molar-refractivity contribution is 5.86. The number of rotatable bonds is 7. The summed E-state index contributed by atoms with van der Waals surface area (Å²) in [6, 6.07) is 18.0. The number of hydrogen-bond acceptors (Lipinski definition) is 2. The van der Waals surface area contributed by atoms with E-state index in [1.165, 1.54) is 28.5 Å². The number of carbonyl (C=O) groups excluding carboxylic acids is 1. The Kier molecular flexibility index (Phi) is 7.97. The third kappa shape index (κ3) is 6.74. The predicted molar refractivity (Wildman–Crippen MR) is 129 cm³/mol. The van der Waals surface area contributed by atoms with Gasteiger partial charge in [-0.3, -0.25) is 4.79 Å². The van der Waals surface area contributed by atoms with E-state index >= 15 is 0 Å². The minimum atomic E-state index is -0.945. The Labute approximate surface area is 193 Å². The van der Waals surface area contributed by atoms with Gasteiger partial charge in [-0.05, 0) is 60.9 Å². The molecule has 3 rings (SSSR count). The van der Waals surface area contributed by atoms with Gasteiger partial charge in [-0.2, -0.15) is 0 Å². The first kappa shape index (κ1) is 24.2. The van der Waals surface area contributed by atoms with Gasteiger partial charge in [-0.1, -0.05) is 60.4 Å². The highest BCUT2D eigenvalue weighted by atomic mass is 19.1. The zero-order valence-electron chi connectivity index (χ0n) is 19.1. The summed E-state index contributed by atoms with van der Waals surface area (Å²) in [6.07, 6.45) is 3.64. The minimum absolute atomic E-state index is 0.0322. The smallest absolute Gasteiger partial charge is 0.237 e. The van der Waals surface area contributed by atoms with Crippen LogP contribution >= 0.6 is 0 Å². The monoisotopic (exact) mass is 446 g/mol. The maximum Gasteiger partial charge on any atom is 0.237 e. The van der Waals surface area contributed by atoms with Gasteiger partial charge in [0.2, 0.25) is 5.91 Å². The Bertz CT molecular complexity index is 1200. The van der Waals surface area contributed by atoms with Crippen molar-refractivity contribution in [3.8, 4) is 11.8 Å². The quantitative estimate of drug-likeness (QED) is 0.459. The fourth-order valence-corrected chi connectivity index (χ4v) is 3.50. The number of hydrogen-bond donors (Lipinski definition) is 2. The summed E-state index contributed by atoms with van der Waals surface area (Å²) in [5, 5.41) is 8.60. The van der Waals surface area contributed by atoms with Gasteiger partial charge in [0.05, 0.1) is 0 Å². The maximum atomic E-state index is 13.3. The lowest BCUT2D eigenvalue weighted by Crippen LogP contribution is -2.35. The van der Waals surface area contributed by atoms with Crippen LogP contribution in [0.15, 0.2) is 72.8 Å². The Balaban J connectivity index is 1.50. The van der Waals surface area contributed by atoms with Gasteiger partial charge in [0.15, 0.2) is 0 Å². The Morgan fingerprint density at radius 1 is 1.06 bits per heavy atom. The highest BCUT2D eigenvalue weighted by Gasteiger charge is 2.24. The van der Waals surface area contributed by atoms with Gasteiger partial charge in [-0.25, -0.2) is 8.78 Å². The summed E-state index contributed by atoms with van der Waals surface area (Å²) in [7, 11) is 0. The van der Waals surface area contributed by atoms with Crippen molar-refractivity contribution in [2.75, 3.05) is 6.54 Å². The van der Waals surface area contributed by atoms with Crippen LogP contribution in [0.1, 0.15) is 37.9 Å². The molecule has 3 nitrogen and oxygen atoms in total. The summed E-state index contributed by atoms with van der Waals surface area (Å²) in [6.45, 7) is 6.20. The molecule has 0 aliphatic carbocycles. The molecule has 0 saturated heterocycles. The second kappa shape index (κ2) is 10.9. The first-order valence-corrected chi connectivity index (χ1v) is 10.9. The molecular weight excluding hydrogens is 418 g/mol. The fourth-order valence-electron chi connectivity index (χ4n) is 3.50. The fraction of sp³-hybridized carbons (Fsp3) is 0.250. The zero-order chi connectivity index (χ0) is 23.8. The lowest BCUT2D eigenvalue weighted by molar-refractivity contribution is -0.126. The molecule has 1 atom stereocenters. The van der Waals surface area contributed by atoms with Crippen LogP contribution in [-0.2, 0) is 11.3 Å². The van der Waals surface area contributed by atoms with Crippen molar-refractivity contribution in [2.24, 2.45) is 5.41 Å². The molecule has 0 aromatic heterocycles. The molecule has 0 fully saturated rings. The van der Waals surface area contributed by atoms with Crippen molar-refractivity contribution in [2.45, 2.75) is 33.4 Å². The SMILES string of the molecule is C[C@@H](NCC=CC#CC(C)(C)C(=O)NCc1cc(F)cc(F)c1)c1cccc2ccccc12. The van der Waals surface area contributed by atoms with E-state index in [2.05, 4.69) is 59.7 Å². The Morgan fingerprint density at radius 2 is 1.76 bits per heavy atom. The minimum Gasteiger partial charge on any atom is -0.351 e. The van der Waals surface area contributed by atoms with Crippen LogP contribution in [-0.4, -0.2) is 12.5 Å². The van der Waals surface area contributed by atoms with Crippen LogP contribution in [0.5, 0.6) is 0 Å². The van der Waals surface area contributed by atoms with E-state index in [0.717, 1.165) is 6.07 Å². The number of carbonyl (C=O) groups is 1. The summed E-state index contributed by atoms with van der Waals surface area (Å²) < 4.78 is 26.6. The molecule has 3 aromatic rings. The van der Waals surface area contributed by atoms with Crippen LogP contribution in [0.3, 0.4) is 0 Å². The molecule has 3 aromatic carbocycles. The zero-order valence-corrected chi connectivity index (χ0v) is 19.1. The number of amides is 1. The molecule has 0 radical (unpaired) electrons. The molecular formula is C28H28F2N2O. The van der Waals surface area contributed by atoms with Gasteiger partial charge in [0, 0.05) is 25.2 Å². The average Bonchev–Trinajstić information content (AvgIpc) is 2.78.